The molecule has 0 bridgehead atoms. The van der Waals surface area contributed by atoms with E-state index in [4.69, 9.17) is 23.2 Å². The highest BCUT2D eigenvalue weighted by atomic mass is 35.5. The average Bonchev–Trinajstić information content (AvgIpc) is 2.57. The molecule has 2 heterocycles. The molecule has 2 fully saturated rings. The van der Waals surface area contributed by atoms with Crippen molar-refractivity contribution in [3.63, 3.8) is 0 Å². The Morgan fingerprint density at radius 2 is 1.96 bits per heavy atom. The topological polar surface area (TPSA) is 81.1 Å². The summed E-state index contributed by atoms with van der Waals surface area (Å²) < 4.78 is 0. The molecular weight excluding hydrogens is 355 g/mol. The van der Waals surface area contributed by atoms with Crippen LogP contribution in [0.4, 0.5) is 0 Å². The zero-order chi connectivity index (χ0) is 17.6. The van der Waals surface area contributed by atoms with Gasteiger partial charge in [-0.2, -0.15) is 0 Å². The number of rotatable bonds is 2. The van der Waals surface area contributed by atoms with Crippen molar-refractivity contribution >= 4 is 35.0 Å². The first kappa shape index (κ1) is 17.3. The van der Waals surface area contributed by atoms with Crippen LogP contribution in [0.15, 0.2) is 12.1 Å². The van der Waals surface area contributed by atoms with E-state index in [9.17, 15) is 19.8 Å². The lowest BCUT2D eigenvalue weighted by atomic mass is 9.82. The Morgan fingerprint density at radius 3 is 2.62 bits per heavy atom. The molecule has 8 heteroatoms. The van der Waals surface area contributed by atoms with E-state index >= 15 is 0 Å². The molecule has 0 spiro atoms. The third kappa shape index (κ3) is 2.62. The predicted octanol–water partition coefficient (Wildman–Crippen LogP) is 1.61. The molecule has 0 radical (unpaired) electrons. The normalized spacial score (nSPS) is 27.4. The number of piperazine rings is 1. The van der Waals surface area contributed by atoms with Gasteiger partial charge in [-0.05, 0) is 30.9 Å². The average molecular weight is 373 g/mol. The van der Waals surface area contributed by atoms with Gasteiger partial charge in [0.15, 0.2) is 0 Å². The minimum absolute atomic E-state index is 0.0408. The lowest BCUT2D eigenvalue weighted by molar-refractivity contribution is -0.164. The summed E-state index contributed by atoms with van der Waals surface area (Å²) in [6.07, 6.45) is 0.922. The predicted molar refractivity (Wildman–Crippen MR) is 89.2 cm³/mol. The first-order valence-corrected chi connectivity index (χ1v) is 8.47. The number of benzene rings is 1. The summed E-state index contributed by atoms with van der Waals surface area (Å²) in [5.41, 5.74) is 0.524. The molecule has 0 aromatic heterocycles. The molecule has 24 heavy (non-hydrogen) atoms. The monoisotopic (exact) mass is 372 g/mol. The summed E-state index contributed by atoms with van der Waals surface area (Å²) in [5, 5.41) is 20.2. The number of halogens is 2. The van der Waals surface area contributed by atoms with E-state index in [1.54, 1.807) is 0 Å². The highest BCUT2D eigenvalue weighted by Gasteiger charge is 2.47. The minimum atomic E-state index is -0.825. The van der Waals surface area contributed by atoms with Gasteiger partial charge >= 0.3 is 0 Å². The second-order valence-electron chi connectivity index (χ2n) is 6.21. The highest BCUT2D eigenvalue weighted by molar-refractivity contribution is 6.42. The standard InChI is InChI=1S/C16H18Cl2N2O4/c1-19-11(7-21)16(24)20-5-4-8(6-10(20)15(19)23)13-12(22)3-2-9(17)14(13)18/h2-3,8,10-11,21-22H,4-7H2,1H3/t8-,10+,11-/m1/s1. The number of likely N-dealkylation sites (N-methyl/N-ethyl adjacent to an activating group) is 1. The Bertz CT molecular complexity index is 697. The van der Waals surface area contributed by atoms with Crippen LogP contribution < -0.4 is 0 Å². The molecular formula is C16H18Cl2N2O4. The molecule has 1 aromatic rings. The number of carbonyl (C=O) groups excluding carboxylic acids is 2. The maximum atomic E-state index is 12.6. The summed E-state index contributed by atoms with van der Waals surface area (Å²) in [7, 11) is 1.52. The van der Waals surface area contributed by atoms with Crippen molar-refractivity contribution in [3.8, 4) is 5.75 Å². The third-order valence-electron chi connectivity index (χ3n) is 4.96. The molecule has 130 valence electrons. The number of hydrogen-bond acceptors (Lipinski definition) is 4. The Labute approximate surface area is 149 Å². The van der Waals surface area contributed by atoms with Crippen LogP contribution in [-0.2, 0) is 9.59 Å². The number of phenolic OH excluding ortho intramolecular Hbond substituents is 1. The largest absolute Gasteiger partial charge is 0.508 e. The van der Waals surface area contributed by atoms with Crippen LogP contribution in [0.25, 0.3) is 0 Å². The Hall–Kier alpha value is -1.50. The van der Waals surface area contributed by atoms with Crippen molar-refractivity contribution in [2.24, 2.45) is 0 Å². The first-order chi connectivity index (χ1) is 11.4. The fraction of sp³-hybridized carbons (Fsp3) is 0.500. The van der Waals surface area contributed by atoms with Crippen molar-refractivity contribution in [1.82, 2.24) is 9.80 Å². The number of aliphatic hydroxyl groups is 1. The number of aromatic hydroxyl groups is 1. The van der Waals surface area contributed by atoms with Gasteiger partial charge < -0.3 is 20.0 Å². The van der Waals surface area contributed by atoms with Gasteiger partial charge in [0.2, 0.25) is 11.8 Å². The molecule has 2 amide bonds. The number of fused-ring (bicyclic) bond motifs is 1. The maximum absolute atomic E-state index is 12.6. The van der Waals surface area contributed by atoms with Crippen LogP contribution in [-0.4, -0.2) is 64.1 Å². The van der Waals surface area contributed by atoms with Crippen LogP contribution >= 0.6 is 23.2 Å². The van der Waals surface area contributed by atoms with Crippen LogP contribution in [0, 0.1) is 0 Å². The number of nitrogens with zero attached hydrogens (tertiary/aromatic N) is 2. The lowest BCUT2D eigenvalue weighted by Gasteiger charge is -2.47. The number of hydrogen-bond donors (Lipinski definition) is 2. The minimum Gasteiger partial charge on any atom is -0.508 e. The van der Waals surface area contributed by atoms with Crippen molar-refractivity contribution < 1.29 is 19.8 Å². The molecule has 6 nitrogen and oxygen atoms in total. The van der Waals surface area contributed by atoms with Gasteiger partial charge in [-0.1, -0.05) is 23.2 Å². The quantitative estimate of drug-likeness (QED) is 0.826. The molecule has 1 aromatic carbocycles. The summed E-state index contributed by atoms with van der Waals surface area (Å²) in [6, 6.07) is 1.57. The van der Waals surface area contributed by atoms with E-state index in [1.807, 2.05) is 0 Å². The fourth-order valence-electron chi connectivity index (χ4n) is 3.62. The van der Waals surface area contributed by atoms with Crippen LogP contribution in [0.1, 0.15) is 24.3 Å². The van der Waals surface area contributed by atoms with Gasteiger partial charge in [-0.15, -0.1) is 0 Å². The molecule has 3 atom stereocenters. The van der Waals surface area contributed by atoms with Gasteiger partial charge in [0.1, 0.15) is 17.8 Å². The Morgan fingerprint density at radius 1 is 1.25 bits per heavy atom. The molecule has 0 aliphatic carbocycles. The Kier molecular flexibility index (Phi) is 4.64. The first-order valence-electron chi connectivity index (χ1n) is 7.71. The number of carbonyl (C=O) groups is 2. The third-order valence-corrected chi connectivity index (χ3v) is 5.78. The molecule has 2 saturated heterocycles. The smallest absolute Gasteiger partial charge is 0.248 e. The molecule has 2 aliphatic rings. The van der Waals surface area contributed by atoms with E-state index in [1.165, 1.54) is 29.0 Å². The molecule has 0 saturated carbocycles. The van der Waals surface area contributed by atoms with Gasteiger partial charge in [0.25, 0.3) is 0 Å². The molecule has 0 unspecified atom stereocenters. The van der Waals surface area contributed by atoms with Crippen molar-refractivity contribution in [2.75, 3.05) is 20.2 Å². The van der Waals surface area contributed by atoms with E-state index in [0.717, 1.165) is 0 Å². The highest BCUT2D eigenvalue weighted by Crippen LogP contribution is 2.43. The second-order valence-corrected chi connectivity index (χ2v) is 7.00. The van der Waals surface area contributed by atoms with Crippen LogP contribution in [0.3, 0.4) is 0 Å². The lowest BCUT2D eigenvalue weighted by Crippen LogP contribution is -2.66. The van der Waals surface area contributed by atoms with Gasteiger partial charge in [-0.3, -0.25) is 9.59 Å². The fourth-order valence-corrected chi connectivity index (χ4v) is 4.10. The summed E-state index contributed by atoms with van der Waals surface area (Å²) in [6.45, 7) is -0.0266. The van der Waals surface area contributed by atoms with E-state index in [0.29, 0.717) is 30.0 Å². The van der Waals surface area contributed by atoms with Crippen LogP contribution in [0.5, 0.6) is 5.75 Å². The van der Waals surface area contributed by atoms with Crippen molar-refractivity contribution in [1.29, 1.82) is 0 Å². The van der Waals surface area contributed by atoms with Crippen LogP contribution in [0.2, 0.25) is 10.0 Å². The summed E-state index contributed by atoms with van der Waals surface area (Å²) >= 11 is 12.3. The molecule has 2 N–H and O–H groups in total. The van der Waals surface area contributed by atoms with E-state index in [-0.39, 0.29) is 28.5 Å². The number of phenols is 1. The Balaban J connectivity index is 1.91. The van der Waals surface area contributed by atoms with E-state index < -0.39 is 18.7 Å². The molecule has 3 rings (SSSR count). The zero-order valence-electron chi connectivity index (χ0n) is 13.1. The van der Waals surface area contributed by atoms with E-state index in [2.05, 4.69) is 0 Å². The zero-order valence-corrected chi connectivity index (χ0v) is 14.6. The summed E-state index contributed by atoms with van der Waals surface area (Å²) in [5.74, 6) is -0.590. The number of piperidine rings is 1. The summed E-state index contributed by atoms with van der Waals surface area (Å²) in [4.78, 5) is 27.9. The SMILES string of the molecule is CN1C(=O)[C@@H]2C[C@H](c3c(O)ccc(Cl)c3Cl)CCN2C(=O)[C@H]1CO. The van der Waals surface area contributed by atoms with Gasteiger partial charge in [0.05, 0.1) is 16.7 Å². The van der Waals surface area contributed by atoms with Gasteiger partial charge in [-0.25, -0.2) is 0 Å². The maximum Gasteiger partial charge on any atom is 0.248 e. The van der Waals surface area contributed by atoms with Gasteiger partial charge in [0, 0.05) is 19.2 Å². The van der Waals surface area contributed by atoms with Crippen molar-refractivity contribution in [3.05, 3.63) is 27.7 Å². The number of aliphatic hydroxyl groups excluding tert-OH is 1. The second kappa shape index (κ2) is 6.43. The number of amides is 2. The van der Waals surface area contributed by atoms with Crippen molar-refractivity contribution in [2.45, 2.75) is 30.8 Å². The molecule has 2 aliphatic heterocycles.